The predicted molar refractivity (Wildman–Crippen MR) is 124 cm³/mol. The fraction of sp³-hybridized carbons (Fsp3) is 0.240. The minimum absolute atomic E-state index is 0.256. The van der Waals surface area contributed by atoms with E-state index in [9.17, 15) is 14.3 Å². The van der Waals surface area contributed by atoms with Crippen molar-refractivity contribution >= 4 is 11.7 Å². The molecule has 4 heterocycles. The highest BCUT2D eigenvalue weighted by molar-refractivity contribution is 5.81. The zero-order chi connectivity index (χ0) is 23.7. The molecule has 3 aromatic heterocycles. The number of aliphatic hydroxyl groups is 1. The standard InChI is InChI=1S/C25H24FN5O3/c1-16-13-17(4-6-20(16)26)23-19(3-2-8-27-23)18-5-7-22-29-14-21(31(22)15-18)24(32)28-9-10-30-11-12-34-25(30)33/h2-8,13-15,24,28,32H,9-12H2,1H3. The van der Waals surface area contributed by atoms with Crippen LogP contribution in [0, 0.1) is 12.7 Å². The molecular weight excluding hydrogens is 437 g/mol. The number of rotatable bonds is 7. The molecule has 174 valence electrons. The third-order valence-electron chi connectivity index (χ3n) is 5.93. The van der Waals surface area contributed by atoms with Gasteiger partial charge in [-0.1, -0.05) is 6.07 Å². The summed E-state index contributed by atoms with van der Waals surface area (Å²) < 4.78 is 20.6. The molecule has 0 bridgehead atoms. The number of halogens is 1. The minimum Gasteiger partial charge on any atom is -0.448 e. The number of ether oxygens (including phenoxy) is 1. The first-order valence-corrected chi connectivity index (χ1v) is 11.0. The van der Waals surface area contributed by atoms with Crippen LogP contribution >= 0.6 is 0 Å². The molecular formula is C25H24FN5O3. The molecule has 0 spiro atoms. The molecule has 1 atom stereocenters. The van der Waals surface area contributed by atoms with Crippen LogP contribution in [0.3, 0.4) is 0 Å². The lowest BCUT2D eigenvalue weighted by Gasteiger charge is -2.17. The van der Waals surface area contributed by atoms with Gasteiger partial charge in [0.25, 0.3) is 0 Å². The van der Waals surface area contributed by atoms with E-state index in [0.29, 0.717) is 43.1 Å². The third-order valence-corrected chi connectivity index (χ3v) is 5.93. The monoisotopic (exact) mass is 461 g/mol. The topological polar surface area (TPSA) is 92.0 Å². The highest BCUT2D eigenvalue weighted by atomic mass is 19.1. The average molecular weight is 461 g/mol. The van der Waals surface area contributed by atoms with Gasteiger partial charge in [-0.05, 0) is 48.9 Å². The van der Waals surface area contributed by atoms with Gasteiger partial charge in [0.05, 0.1) is 24.1 Å². The van der Waals surface area contributed by atoms with Crippen molar-refractivity contribution in [3.63, 3.8) is 0 Å². The number of cyclic esters (lactones) is 1. The number of benzene rings is 1. The Morgan fingerprint density at radius 2 is 2.06 bits per heavy atom. The molecule has 0 saturated carbocycles. The fourth-order valence-electron chi connectivity index (χ4n) is 4.09. The first-order valence-electron chi connectivity index (χ1n) is 11.0. The van der Waals surface area contributed by atoms with Crippen LogP contribution in [0.25, 0.3) is 28.0 Å². The molecule has 8 nitrogen and oxygen atoms in total. The zero-order valence-electron chi connectivity index (χ0n) is 18.6. The van der Waals surface area contributed by atoms with E-state index in [-0.39, 0.29) is 11.9 Å². The van der Waals surface area contributed by atoms with Crippen LogP contribution in [0.5, 0.6) is 0 Å². The normalized spacial score (nSPS) is 14.6. The number of carbonyl (C=O) groups is 1. The van der Waals surface area contributed by atoms with E-state index in [4.69, 9.17) is 4.74 Å². The van der Waals surface area contributed by atoms with Gasteiger partial charge in [-0.15, -0.1) is 0 Å². The van der Waals surface area contributed by atoms with Gasteiger partial charge in [-0.2, -0.15) is 0 Å². The van der Waals surface area contributed by atoms with E-state index in [1.807, 2.05) is 34.9 Å². The summed E-state index contributed by atoms with van der Waals surface area (Å²) in [4.78, 5) is 22.1. The molecule has 1 aliphatic rings. The number of nitrogens with one attached hydrogen (secondary N) is 1. The van der Waals surface area contributed by atoms with E-state index in [1.165, 1.54) is 6.07 Å². The zero-order valence-corrected chi connectivity index (χ0v) is 18.6. The summed E-state index contributed by atoms with van der Waals surface area (Å²) in [6, 6.07) is 12.6. The molecule has 1 saturated heterocycles. The number of aromatic nitrogens is 3. The quantitative estimate of drug-likeness (QED) is 0.409. The van der Waals surface area contributed by atoms with Crippen LogP contribution < -0.4 is 5.32 Å². The maximum absolute atomic E-state index is 13.8. The van der Waals surface area contributed by atoms with Crippen molar-refractivity contribution in [1.29, 1.82) is 0 Å². The maximum atomic E-state index is 13.8. The summed E-state index contributed by atoms with van der Waals surface area (Å²) >= 11 is 0. The lowest BCUT2D eigenvalue weighted by molar-refractivity contribution is 0.127. The lowest BCUT2D eigenvalue weighted by Crippen LogP contribution is -2.34. The molecule has 2 N–H and O–H groups in total. The molecule has 1 aliphatic heterocycles. The fourth-order valence-corrected chi connectivity index (χ4v) is 4.09. The largest absolute Gasteiger partial charge is 0.448 e. The predicted octanol–water partition coefficient (Wildman–Crippen LogP) is 3.54. The van der Waals surface area contributed by atoms with Gasteiger partial charge in [0, 0.05) is 42.2 Å². The van der Waals surface area contributed by atoms with Crippen molar-refractivity contribution < 1.29 is 19.0 Å². The molecule has 0 radical (unpaired) electrons. The van der Waals surface area contributed by atoms with Crippen LogP contribution in [0.15, 0.2) is 61.1 Å². The summed E-state index contributed by atoms with van der Waals surface area (Å²) in [5.74, 6) is -0.256. The number of imidazole rings is 1. The summed E-state index contributed by atoms with van der Waals surface area (Å²) in [7, 11) is 0. The molecule has 1 amide bonds. The number of carbonyl (C=O) groups excluding carboxylic acids is 1. The summed E-state index contributed by atoms with van der Waals surface area (Å²) in [6.07, 6.45) is 3.92. The van der Waals surface area contributed by atoms with E-state index < -0.39 is 6.23 Å². The van der Waals surface area contributed by atoms with Crippen molar-refractivity contribution in [3.05, 3.63) is 78.1 Å². The van der Waals surface area contributed by atoms with Crippen LogP contribution in [-0.4, -0.2) is 56.7 Å². The number of aliphatic hydroxyl groups excluding tert-OH is 1. The van der Waals surface area contributed by atoms with E-state index >= 15 is 0 Å². The van der Waals surface area contributed by atoms with Crippen molar-refractivity contribution in [2.24, 2.45) is 0 Å². The van der Waals surface area contributed by atoms with Gasteiger partial charge in [0.1, 0.15) is 24.3 Å². The maximum Gasteiger partial charge on any atom is 0.409 e. The van der Waals surface area contributed by atoms with E-state index in [1.54, 1.807) is 36.4 Å². The third kappa shape index (κ3) is 4.23. The Kier molecular flexibility index (Phi) is 5.95. The molecule has 1 aromatic carbocycles. The summed E-state index contributed by atoms with van der Waals surface area (Å²) in [6.45, 7) is 3.52. The minimum atomic E-state index is -0.975. The second kappa shape index (κ2) is 9.20. The number of fused-ring (bicyclic) bond motifs is 1. The van der Waals surface area contributed by atoms with Gasteiger partial charge in [0.15, 0.2) is 0 Å². The number of hydrogen-bond acceptors (Lipinski definition) is 6. The van der Waals surface area contributed by atoms with Gasteiger partial charge < -0.3 is 14.7 Å². The van der Waals surface area contributed by atoms with Crippen molar-refractivity contribution in [1.82, 2.24) is 24.6 Å². The van der Waals surface area contributed by atoms with Crippen molar-refractivity contribution in [2.45, 2.75) is 13.2 Å². The Morgan fingerprint density at radius 1 is 1.21 bits per heavy atom. The van der Waals surface area contributed by atoms with E-state index in [2.05, 4.69) is 15.3 Å². The highest BCUT2D eigenvalue weighted by Gasteiger charge is 2.22. The second-order valence-electron chi connectivity index (χ2n) is 8.15. The van der Waals surface area contributed by atoms with Crippen LogP contribution in [0.4, 0.5) is 9.18 Å². The number of hydrogen-bond donors (Lipinski definition) is 2. The first kappa shape index (κ1) is 22.0. The number of aryl methyl sites for hydroxylation is 1. The van der Waals surface area contributed by atoms with Gasteiger partial charge in [-0.3, -0.25) is 14.7 Å². The Balaban J connectivity index is 1.42. The smallest absolute Gasteiger partial charge is 0.409 e. The number of nitrogens with zero attached hydrogens (tertiary/aromatic N) is 4. The number of pyridine rings is 2. The SMILES string of the molecule is Cc1cc(-c2ncccc2-c2ccc3ncc(C(O)NCCN4CCOC4=O)n3c2)ccc1F. The molecule has 1 fully saturated rings. The van der Waals surface area contributed by atoms with Crippen molar-refractivity contribution in [2.75, 3.05) is 26.2 Å². The van der Waals surface area contributed by atoms with Crippen LogP contribution in [-0.2, 0) is 4.74 Å². The summed E-state index contributed by atoms with van der Waals surface area (Å²) in [5, 5.41) is 13.8. The highest BCUT2D eigenvalue weighted by Crippen LogP contribution is 2.31. The Labute approximate surface area is 195 Å². The number of amides is 1. The van der Waals surface area contributed by atoms with Gasteiger partial charge in [-0.25, -0.2) is 14.2 Å². The van der Waals surface area contributed by atoms with E-state index in [0.717, 1.165) is 22.4 Å². The van der Waals surface area contributed by atoms with Gasteiger partial charge >= 0.3 is 6.09 Å². The molecule has 5 rings (SSSR count). The van der Waals surface area contributed by atoms with Crippen LogP contribution in [0.2, 0.25) is 0 Å². The average Bonchev–Trinajstić information content (AvgIpc) is 3.46. The molecule has 1 unspecified atom stereocenters. The molecule has 0 aliphatic carbocycles. The second-order valence-corrected chi connectivity index (χ2v) is 8.15. The summed E-state index contributed by atoms with van der Waals surface area (Å²) in [5.41, 5.74) is 5.13. The Hall–Kier alpha value is -3.82. The molecule has 4 aromatic rings. The van der Waals surface area contributed by atoms with Crippen LogP contribution in [0.1, 0.15) is 17.5 Å². The molecule has 9 heteroatoms. The Bertz CT molecular complexity index is 1360. The Morgan fingerprint density at radius 3 is 2.85 bits per heavy atom. The lowest BCUT2D eigenvalue weighted by atomic mass is 9.99. The van der Waals surface area contributed by atoms with Gasteiger partial charge in [0.2, 0.25) is 0 Å². The molecule has 34 heavy (non-hydrogen) atoms. The van der Waals surface area contributed by atoms with Crippen molar-refractivity contribution in [3.8, 4) is 22.4 Å². The first-order chi connectivity index (χ1) is 16.5.